The molecule has 1 aliphatic rings. The lowest BCUT2D eigenvalue weighted by Gasteiger charge is -2.26. The summed E-state index contributed by atoms with van der Waals surface area (Å²) < 4.78 is 5.37. The lowest BCUT2D eigenvalue weighted by atomic mass is 9.96. The molecule has 2 rings (SSSR count). The topological polar surface area (TPSA) is 97.3 Å². The maximum absolute atomic E-state index is 11.7. The van der Waals surface area contributed by atoms with Crippen molar-refractivity contribution < 1.29 is 9.32 Å². The van der Waals surface area contributed by atoms with Gasteiger partial charge in [0, 0.05) is 0 Å². The number of halogens is 2. The van der Waals surface area contributed by atoms with E-state index in [1.807, 2.05) is 0 Å². The molecule has 134 valence electrons. The summed E-state index contributed by atoms with van der Waals surface area (Å²) in [7, 11) is 0. The van der Waals surface area contributed by atoms with Gasteiger partial charge in [-0.1, -0.05) is 31.8 Å². The lowest BCUT2D eigenvalue weighted by Crippen LogP contribution is -2.47. The molecule has 0 radical (unpaired) electrons. The van der Waals surface area contributed by atoms with E-state index in [9.17, 15) is 4.79 Å². The number of nitrogens with zero attached hydrogens (tertiary/aromatic N) is 3. The molecule has 23 heavy (non-hydrogen) atoms. The lowest BCUT2D eigenvalue weighted by molar-refractivity contribution is -0.121. The van der Waals surface area contributed by atoms with Crippen LogP contribution < -0.4 is 11.1 Å². The number of hydrogen-bond donors (Lipinski definition) is 2. The predicted molar refractivity (Wildman–Crippen MR) is 92.8 cm³/mol. The average molecular weight is 368 g/mol. The van der Waals surface area contributed by atoms with E-state index in [0.717, 1.165) is 38.8 Å². The highest BCUT2D eigenvalue weighted by Crippen LogP contribution is 2.37. The molecule has 0 unspecified atom stereocenters. The van der Waals surface area contributed by atoms with Gasteiger partial charge in [-0.25, -0.2) is 0 Å². The van der Waals surface area contributed by atoms with Gasteiger partial charge < -0.3 is 15.6 Å². The van der Waals surface area contributed by atoms with Crippen molar-refractivity contribution in [1.82, 2.24) is 20.4 Å². The molecule has 3 N–H and O–H groups in total. The van der Waals surface area contributed by atoms with Crippen LogP contribution in [-0.4, -0.2) is 40.6 Å². The summed E-state index contributed by atoms with van der Waals surface area (Å²) in [5.41, 5.74) is 4.91. The van der Waals surface area contributed by atoms with Gasteiger partial charge >= 0.3 is 0 Å². The van der Waals surface area contributed by atoms with Crippen LogP contribution in [0, 0.1) is 0 Å². The molecular weight excluding hydrogens is 341 g/mol. The molecule has 1 amide bonds. The van der Waals surface area contributed by atoms with Gasteiger partial charge in [0.25, 0.3) is 0 Å². The Kier molecular flexibility index (Phi) is 9.68. The van der Waals surface area contributed by atoms with Crippen LogP contribution in [0.25, 0.3) is 0 Å². The highest BCUT2D eigenvalue weighted by Gasteiger charge is 2.41. The number of rotatable bonds is 7. The van der Waals surface area contributed by atoms with Gasteiger partial charge in [-0.15, -0.1) is 24.8 Å². The Morgan fingerprint density at radius 3 is 2.43 bits per heavy atom. The zero-order valence-electron chi connectivity index (χ0n) is 13.7. The van der Waals surface area contributed by atoms with E-state index in [4.69, 9.17) is 10.3 Å². The Labute approximate surface area is 149 Å². The second-order valence-corrected chi connectivity index (χ2v) is 5.51. The van der Waals surface area contributed by atoms with Gasteiger partial charge in [-0.05, 0) is 25.9 Å². The zero-order valence-corrected chi connectivity index (χ0v) is 15.3. The number of nitrogens with one attached hydrogen (secondary N) is 1. The minimum atomic E-state index is -0.499. The van der Waals surface area contributed by atoms with Crippen LogP contribution in [0.1, 0.15) is 51.2 Å². The van der Waals surface area contributed by atoms with Crippen molar-refractivity contribution in [3.05, 3.63) is 11.7 Å². The fourth-order valence-electron chi connectivity index (χ4n) is 2.85. The van der Waals surface area contributed by atoms with Crippen molar-refractivity contribution >= 4 is 30.7 Å². The molecule has 1 aliphatic carbocycles. The van der Waals surface area contributed by atoms with Crippen molar-refractivity contribution in [3.63, 3.8) is 0 Å². The third kappa shape index (κ3) is 5.31. The van der Waals surface area contributed by atoms with Crippen molar-refractivity contribution in [2.45, 2.75) is 51.6 Å². The van der Waals surface area contributed by atoms with E-state index in [2.05, 4.69) is 34.2 Å². The van der Waals surface area contributed by atoms with E-state index >= 15 is 0 Å². The van der Waals surface area contributed by atoms with Gasteiger partial charge in [0.05, 0.1) is 13.1 Å². The smallest absolute Gasteiger partial charge is 0.240 e. The van der Waals surface area contributed by atoms with Gasteiger partial charge in [-0.3, -0.25) is 9.69 Å². The van der Waals surface area contributed by atoms with Crippen LogP contribution >= 0.6 is 24.8 Å². The minimum Gasteiger partial charge on any atom is -0.342 e. The van der Waals surface area contributed by atoms with Crippen LogP contribution in [0.4, 0.5) is 0 Å². The van der Waals surface area contributed by atoms with E-state index in [-0.39, 0.29) is 37.3 Å². The second-order valence-electron chi connectivity index (χ2n) is 5.51. The molecule has 0 saturated heterocycles. The molecular formula is C14H27Cl2N5O2. The first kappa shape index (κ1) is 22.1. The van der Waals surface area contributed by atoms with E-state index in [1.165, 1.54) is 0 Å². The van der Waals surface area contributed by atoms with Crippen molar-refractivity contribution in [2.75, 3.05) is 19.6 Å². The quantitative estimate of drug-likeness (QED) is 0.759. The molecule has 1 saturated carbocycles. The highest BCUT2D eigenvalue weighted by molar-refractivity contribution is 5.85. The Hall–Kier alpha value is -0.890. The Balaban J connectivity index is 0.00000242. The summed E-state index contributed by atoms with van der Waals surface area (Å²) in [5, 5.41) is 7.10. The zero-order chi connectivity index (χ0) is 15.3. The molecule has 0 spiro atoms. The maximum atomic E-state index is 11.7. The van der Waals surface area contributed by atoms with Crippen LogP contribution in [0.5, 0.6) is 0 Å². The summed E-state index contributed by atoms with van der Waals surface area (Å²) in [6.45, 7) is 6.68. The fraction of sp³-hybridized carbons (Fsp3) is 0.786. The summed E-state index contributed by atoms with van der Waals surface area (Å²) >= 11 is 0. The van der Waals surface area contributed by atoms with Crippen molar-refractivity contribution in [1.29, 1.82) is 0 Å². The highest BCUT2D eigenvalue weighted by atomic mass is 35.5. The van der Waals surface area contributed by atoms with Gasteiger partial charge in [0.2, 0.25) is 11.8 Å². The summed E-state index contributed by atoms with van der Waals surface area (Å²) in [5.74, 6) is 1.01. The van der Waals surface area contributed by atoms with Gasteiger partial charge in [0.15, 0.2) is 5.82 Å². The van der Waals surface area contributed by atoms with Crippen molar-refractivity contribution in [2.24, 2.45) is 5.73 Å². The first-order valence-electron chi connectivity index (χ1n) is 7.70. The van der Waals surface area contributed by atoms with E-state index in [0.29, 0.717) is 18.3 Å². The Bertz CT molecular complexity index is 473. The molecule has 1 aromatic rings. The monoisotopic (exact) mass is 367 g/mol. The summed E-state index contributed by atoms with van der Waals surface area (Å²) in [4.78, 5) is 18.4. The number of amides is 1. The summed E-state index contributed by atoms with van der Waals surface area (Å²) in [6.07, 6.45) is 3.77. The second kappa shape index (κ2) is 10.1. The Morgan fingerprint density at radius 1 is 1.30 bits per heavy atom. The molecule has 1 aromatic heterocycles. The van der Waals surface area contributed by atoms with E-state index < -0.39 is 5.54 Å². The molecule has 0 bridgehead atoms. The average Bonchev–Trinajstić information content (AvgIpc) is 3.14. The molecule has 7 nitrogen and oxygen atoms in total. The number of carbonyl (C=O) groups excluding carboxylic acids is 1. The summed E-state index contributed by atoms with van der Waals surface area (Å²) in [6, 6.07) is 0. The van der Waals surface area contributed by atoms with Gasteiger partial charge in [-0.2, -0.15) is 4.98 Å². The van der Waals surface area contributed by atoms with Gasteiger partial charge in [0.1, 0.15) is 5.54 Å². The fourth-order valence-corrected chi connectivity index (χ4v) is 2.85. The van der Waals surface area contributed by atoms with Crippen LogP contribution in [0.3, 0.4) is 0 Å². The standard InChI is InChI=1S/C14H25N5O2.2ClH/c1-3-19(4-2)10-12-16-13(18-21-12)14(7-5-6-8-14)17-11(20)9-15;;/h3-10,15H2,1-2H3,(H,17,20);2*1H. The SMILES string of the molecule is CCN(CC)Cc1nc(C2(NC(=O)CN)CCCC2)no1.Cl.Cl. The van der Waals surface area contributed by atoms with Crippen LogP contribution in [0.15, 0.2) is 4.52 Å². The van der Waals surface area contributed by atoms with Crippen LogP contribution in [-0.2, 0) is 16.9 Å². The number of nitrogens with two attached hydrogens (primary N) is 1. The molecule has 0 aliphatic heterocycles. The van der Waals surface area contributed by atoms with Crippen LogP contribution in [0.2, 0.25) is 0 Å². The molecule has 1 heterocycles. The first-order chi connectivity index (χ1) is 10.1. The molecule has 1 fully saturated rings. The Morgan fingerprint density at radius 2 is 1.91 bits per heavy atom. The largest absolute Gasteiger partial charge is 0.342 e. The van der Waals surface area contributed by atoms with E-state index in [1.54, 1.807) is 0 Å². The minimum absolute atomic E-state index is 0. The third-order valence-corrected chi connectivity index (χ3v) is 4.17. The molecule has 0 aromatic carbocycles. The number of hydrogen-bond acceptors (Lipinski definition) is 6. The van der Waals surface area contributed by atoms with Crippen molar-refractivity contribution in [3.8, 4) is 0 Å². The normalized spacial score (nSPS) is 15.8. The number of aromatic nitrogens is 2. The number of carbonyl (C=O) groups is 1. The predicted octanol–water partition coefficient (Wildman–Crippen LogP) is 1.60. The molecule has 9 heteroatoms. The molecule has 0 atom stereocenters. The third-order valence-electron chi connectivity index (χ3n) is 4.17. The first-order valence-corrected chi connectivity index (χ1v) is 7.70. The maximum Gasteiger partial charge on any atom is 0.240 e.